The van der Waals surface area contributed by atoms with E-state index in [0.29, 0.717) is 11.8 Å². The molecule has 0 radical (unpaired) electrons. The molecule has 26 heavy (non-hydrogen) atoms. The Bertz CT molecular complexity index is 787. The number of hydrogen-bond donors (Lipinski definition) is 3. The lowest BCUT2D eigenvalue weighted by Gasteiger charge is -2.13. The number of carbonyl (C=O) groups is 1. The predicted molar refractivity (Wildman–Crippen MR) is 106 cm³/mol. The van der Waals surface area contributed by atoms with Crippen LogP contribution in [0.4, 0.5) is 23.1 Å². The van der Waals surface area contributed by atoms with E-state index in [9.17, 15) is 4.79 Å². The summed E-state index contributed by atoms with van der Waals surface area (Å²) in [5, 5.41) is 9.31. The Balaban J connectivity index is 1.57. The van der Waals surface area contributed by atoms with E-state index in [0.717, 1.165) is 24.3 Å². The van der Waals surface area contributed by atoms with Crippen LogP contribution in [0.15, 0.2) is 48.2 Å². The summed E-state index contributed by atoms with van der Waals surface area (Å²) < 4.78 is 0. The van der Waals surface area contributed by atoms with Gasteiger partial charge in [-0.3, -0.25) is 4.79 Å². The van der Waals surface area contributed by atoms with E-state index in [4.69, 9.17) is 0 Å². The molecule has 0 aliphatic heterocycles. The van der Waals surface area contributed by atoms with Crippen molar-refractivity contribution in [3.05, 3.63) is 48.2 Å². The van der Waals surface area contributed by atoms with Crippen molar-refractivity contribution in [3.8, 4) is 0 Å². The van der Waals surface area contributed by atoms with Gasteiger partial charge in [-0.1, -0.05) is 17.7 Å². The molecule has 1 aliphatic rings. The summed E-state index contributed by atoms with van der Waals surface area (Å²) >= 11 is 0. The second kappa shape index (κ2) is 8.99. The number of aromatic nitrogens is 2. The molecule has 6 heteroatoms. The fourth-order valence-corrected chi connectivity index (χ4v) is 3.01. The van der Waals surface area contributed by atoms with Gasteiger partial charge in [0.15, 0.2) is 0 Å². The lowest BCUT2D eigenvalue weighted by atomic mass is 9.97. The highest BCUT2D eigenvalue weighted by Crippen LogP contribution is 2.21. The molecule has 136 valence electrons. The normalized spacial score (nSPS) is 13.7. The standard InChI is InChI=1S/C20H25N5O/c1-15(26)23-17-8-5-9-18(14-17)24-19-11-13-22-20(25-19)21-12-10-16-6-3-2-4-7-16/h5-6,8-9,11,13-14H,2-4,7,10,12H2,1H3,(H,23,26)(H2,21,22,24,25). The van der Waals surface area contributed by atoms with Gasteiger partial charge in [0.25, 0.3) is 0 Å². The fraction of sp³-hybridized carbons (Fsp3) is 0.350. The first-order valence-electron chi connectivity index (χ1n) is 9.08. The lowest BCUT2D eigenvalue weighted by molar-refractivity contribution is -0.114. The van der Waals surface area contributed by atoms with Gasteiger partial charge in [-0.2, -0.15) is 4.98 Å². The van der Waals surface area contributed by atoms with Crippen LogP contribution in [-0.4, -0.2) is 22.4 Å². The highest BCUT2D eigenvalue weighted by atomic mass is 16.1. The second-order valence-electron chi connectivity index (χ2n) is 6.44. The molecule has 0 saturated heterocycles. The Morgan fingerprint density at radius 3 is 2.88 bits per heavy atom. The van der Waals surface area contributed by atoms with Crippen LogP contribution in [0.2, 0.25) is 0 Å². The summed E-state index contributed by atoms with van der Waals surface area (Å²) in [5.74, 6) is 1.23. The average Bonchev–Trinajstić information content (AvgIpc) is 2.63. The summed E-state index contributed by atoms with van der Waals surface area (Å²) in [6.07, 6.45) is 10.2. The van der Waals surface area contributed by atoms with E-state index in [2.05, 4.69) is 32.0 Å². The summed E-state index contributed by atoms with van der Waals surface area (Å²) in [6.45, 7) is 2.33. The fourth-order valence-electron chi connectivity index (χ4n) is 3.01. The zero-order valence-electron chi connectivity index (χ0n) is 15.1. The third-order valence-electron chi connectivity index (χ3n) is 4.23. The summed E-state index contributed by atoms with van der Waals surface area (Å²) in [5.41, 5.74) is 3.14. The van der Waals surface area contributed by atoms with Crippen LogP contribution >= 0.6 is 0 Å². The highest BCUT2D eigenvalue weighted by molar-refractivity contribution is 5.89. The van der Waals surface area contributed by atoms with Crippen LogP contribution in [-0.2, 0) is 4.79 Å². The quantitative estimate of drug-likeness (QED) is 0.641. The van der Waals surface area contributed by atoms with Crippen LogP contribution in [0.1, 0.15) is 39.0 Å². The van der Waals surface area contributed by atoms with Gasteiger partial charge in [0.1, 0.15) is 5.82 Å². The molecular formula is C20H25N5O. The number of amides is 1. The molecule has 0 saturated carbocycles. The number of hydrogen-bond acceptors (Lipinski definition) is 5. The predicted octanol–water partition coefficient (Wildman–Crippen LogP) is 4.48. The number of benzene rings is 1. The van der Waals surface area contributed by atoms with Gasteiger partial charge in [0, 0.05) is 31.0 Å². The minimum Gasteiger partial charge on any atom is -0.354 e. The first-order valence-corrected chi connectivity index (χ1v) is 9.08. The van der Waals surface area contributed by atoms with Gasteiger partial charge in [-0.25, -0.2) is 4.98 Å². The Morgan fingerprint density at radius 1 is 1.19 bits per heavy atom. The minimum atomic E-state index is -0.0937. The molecule has 0 atom stereocenters. The van der Waals surface area contributed by atoms with Crippen molar-refractivity contribution in [1.82, 2.24) is 9.97 Å². The maximum atomic E-state index is 11.2. The van der Waals surface area contributed by atoms with E-state index in [1.165, 1.54) is 38.2 Å². The van der Waals surface area contributed by atoms with Crippen molar-refractivity contribution < 1.29 is 4.79 Å². The van der Waals surface area contributed by atoms with Crippen LogP contribution < -0.4 is 16.0 Å². The molecule has 3 rings (SSSR count). The van der Waals surface area contributed by atoms with E-state index < -0.39 is 0 Å². The smallest absolute Gasteiger partial charge is 0.224 e. The van der Waals surface area contributed by atoms with Gasteiger partial charge < -0.3 is 16.0 Å². The van der Waals surface area contributed by atoms with Crippen molar-refractivity contribution in [1.29, 1.82) is 0 Å². The SMILES string of the molecule is CC(=O)Nc1cccc(Nc2ccnc(NCCC3=CCCCC3)n2)c1. The van der Waals surface area contributed by atoms with Crippen molar-refractivity contribution in [3.63, 3.8) is 0 Å². The monoisotopic (exact) mass is 351 g/mol. The first-order chi connectivity index (χ1) is 12.7. The molecule has 0 bridgehead atoms. The molecule has 0 unspecified atom stereocenters. The zero-order chi connectivity index (χ0) is 18.2. The molecule has 0 fully saturated rings. The number of carbonyl (C=O) groups excluding carboxylic acids is 1. The first kappa shape index (κ1) is 17.9. The number of anilines is 4. The molecule has 1 aromatic heterocycles. The van der Waals surface area contributed by atoms with E-state index in [1.54, 1.807) is 6.20 Å². The molecule has 1 aliphatic carbocycles. The Morgan fingerprint density at radius 2 is 2.08 bits per heavy atom. The van der Waals surface area contributed by atoms with Gasteiger partial charge in [0.05, 0.1) is 0 Å². The van der Waals surface area contributed by atoms with Crippen molar-refractivity contribution in [2.75, 3.05) is 22.5 Å². The third kappa shape index (κ3) is 5.58. The maximum Gasteiger partial charge on any atom is 0.224 e. The molecule has 3 N–H and O–H groups in total. The molecular weight excluding hydrogens is 326 g/mol. The number of allylic oxidation sites excluding steroid dienone is 1. The van der Waals surface area contributed by atoms with E-state index in [-0.39, 0.29) is 5.91 Å². The number of nitrogens with one attached hydrogen (secondary N) is 3. The van der Waals surface area contributed by atoms with Crippen LogP contribution in [0.25, 0.3) is 0 Å². The van der Waals surface area contributed by atoms with Gasteiger partial charge in [-0.15, -0.1) is 0 Å². The third-order valence-corrected chi connectivity index (χ3v) is 4.23. The Labute approximate surface area is 154 Å². The molecule has 2 aromatic rings. The Hall–Kier alpha value is -2.89. The van der Waals surface area contributed by atoms with Crippen LogP contribution in [0.3, 0.4) is 0 Å². The highest BCUT2D eigenvalue weighted by Gasteiger charge is 2.05. The number of rotatable bonds is 7. The average molecular weight is 351 g/mol. The summed E-state index contributed by atoms with van der Waals surface area (Å²) in [4.78, 5) is 20.0. The topological polar surface area (TPSA) is 78.9 Å². The van der Waals surface area contributed by atoms with Crippen LogP contribution in [0, 0.1) is 0 Å². The van der Waals surface area contributed by atoms with Crippen molar-refractivity contribution in [2.24, 2.45) is 0 Å². The largest absolute Gasteiger partial charge is 0.354 e. The second-order valence-corrected chi connectivity index (χ2v) is 6.44. The minimum absolute atomic E-state index is 0.0937. The molecule has 6 nitrogen and oxygen atoms in total. The molecule has 0 spiro atoms. The van der Waals surface area contributed by atoms with Gasteiger partial charge in [0.2, 0.25) is 11.9 Å². The summed E-state index contributed by atoms with van der Waals surface area (Å²) in [6, 6.07) is 9.34. The van der Waals surface area contributed by atoms with Gasteiger partial charge >= 0.3 is 0 Å². The Kier molecular flexibility index (Phi) is 6.19. The number of nitrogens with zero attached hydrogens (tertiary/aromatic N) is 2. The maximum absolute atomic E-state index is 11.2. The molecule has 1 aromatic carbocycles. The van der Waals surface area contributed by atoms with E-state index in [1.807, 2.05) is 30.3 Å². The lowest BCUT2D eigenvalue weighted by Crippen LogP contribution is -2.08. The molecule has 1 amide bonds. The summed E-state index contributed by atoms with van der Waals surface area (Å²) in [7, 11) is 0. The van der Waals surface area contributed by atoms with Crippen molar-refractivity contribution >= 4 is 29.0 Å². The zero-order valence-corrected chi connectivity index (χ0v) is 15.1. The molecule has 1 heterocycles. The van der Waals surface area contributed by atoms with Gasteiger partial charge in [-0.05, 0) is 56.4 Å². The van der Waals surface area contributed by atoms with E-state index >= 15 is 0 Å². The van der Waals surface area contributed by atoms with Crippen LogP contribution in [0.5, 0.6) is 0 Å². The van der Waals surface area contributed by atoms with Crippen molar-refractivity contribution in [2.45, 2.75) is 39.0 Å².